The van der Waals surface area contributed by atoms with Crippen LogP contribution >= 0.6 is 0 Å². The summed E-state index contributed by atoms with van der Waals surface area (Å²) in [5, 5.41) is 5.82. The lowest BCUT2D eigenvalue weighted by Crippen LogP contribution is -2.59. The van der Waals surface area contributed by atoms with Crippen LogP contribution in [0.3, 0.4) is 0 Å². The highest BCUT2D eigenvalue weighted by Gasteiger charge is 2.62. The fraction of sp³-hybridized carbons (Fsp3) is 0.818. The summed E-state index contributed by atoms with van der Waals surface area (Å²) in [7, 11) is -2.25. The molecule has 1 saturated heterocycles. The molecule has 3 amide bonds. The summed E-state index contributed by atoms with van der Waals surface area (Å²) < 4.78 is 17.7. The van der Waals surface area contributed by atoms with Gasteiger partial charge in [-0.05, 0) is 84.5 Å². The summed E-state index contributed by atoms with van der Waals surface area (Å²) >= 11 is 0. The van der Waals surface area contributed by atoms with Crippen LogP contribution in [0.1, 0.15) is 87.0 Å². The Balaban J connectivity index is 1.69. The van der Waals surface area contributed by atoms with Crippen LogP contribution in [0.4, 0.5) is 4.79 Å². The molecule has 2 saturated carbocycles. The number of rotatable bonds is 6. The molecule has 3 fully saturated rings. The van der Waals surface area contributed by atoms with E-state index in [-0.39, 0.29) is 36.1 Å². The second-order valence-corrected chi connectivity index (χ2v) is 20.5. The molecule has 5 atom stereocenters. The van der Waals surface area contributed by atoms with Crippen molar-refractivity contribution in [1.29, 1.82) is 0 Å². The molecule has 12 heteroatoms. The first-order valence-electron chi connectivity index (χ1n) is 16.7. The summed E-state index contributed by atoms with van der Waals surface area (Å²) in [6.07, 6.45) is 7.57. The summed E-state index contributed by atoms with van der Waals surface area (Å²) in [6.45, 7) is 19.4. The number of fused-ring (bicyclic) bond motifs is 2. The maximum absolute atomic E-state index is 14.5. The van der Waals surface area contributed by atoms with Crippen molar-refractivity contribution in [3.05, 3.63) is 12.2 Å². The zero-order valence-electron chi connectivity index (χ0n) is 28.9. The van der Waals surface area contributed by atoms with E-state index in [0.29, 0.717) is 25.4 Å². The van der Waals surface area contributed by atoms with E-state index in [1.807, 2.05) is 6.08 Å². The Labute approximate surface area is 270 Å². The number of alkyl carbamates (subject to hydrolysis) is 1. The van der Waals surface area contributed by atoms with Crippen molar-refractivity contribution in [2.24, 2.45) is 5.92 Å². The average molecular weight is 649 g/mol. The Hall–Kier alpha value is -2.44. The van der Waals surface area contributed by atoms with Crippen molar-refractivity contribution in [2.75, 3.05) is 26.2 Å². The third-order valence-corrected chi connectivity index (χ3v) is 14.3. The standard InChI is InChI=1S/C33H56N4O7Si/c1-10-42-29(40)33-19-22(33)14-12-11-13-17-36(23-15-16-23)21-25(34-30(41)43-31(2,3)4)28(39)37-20-24(18-26(37)27(38)35-33)44-45(8,9)32(5,6)7/h12,14,22-26H,10-11,13,15-21H2,1-9H3,(H,34,41)(H,35,38)/t22-,24-,25+,26+,33-/m1/s1. The number of carbonyl (C=O) groups excluding carboxylic acids is 4. The van der Waals surface area contributed by atoms with Gasteiger partial charge in [0, 0.05) is 31.5 Å². The molecule has 2 aliphatic heterocycles. The number of hydrogen-bond acceptors (Lipinski definition) is 8. The third-order valence-electron chi connectivity index (χ3n) is 9.77. The van der Waals surface area contributed by atoms with Crippen molar-refractivity contribution in [3.63, 3.8) is 0 Å². The van der Waals surface area contributed by atoms with Crippen molar-refractivity contribution < 1.29 is 33.1 Å². The molecule has 0 radical (unpaired) electrons. The molecule has 0 aromatic rings. The number of esters is 1. The van der Waals surface area contributed by atoms with Gasteiger partial charge in [-0.2, -0.15) is 0 Å². The predicted molar refractivity (Wildman–Crippen MR) is 174 cm³/mol. The van der Waals surface area contributed by atoms with E-state index in [9.17, 15) is 19.2 Å². The van der Waals surface area contributed by atoms with E-state index in [4.69, 9.17) is 13.9 Å². The Bertz CT molecular complexity index is 1160. The zero-order valence-corrected chi connectivity index (χ0v) is 29.9. The minimum Gasteiger partial charge on any atom is -0.464 e. The molecule has 11 nitrogen and oxygen atoms in total. The molecular formula is C33H56N4O7Si. The minimum atomic E-state index is -2.25. The van der Waals surface area contributed by atoms with Gasteiger partial charge in [-0.15, -0.1) is 0 Å². The Morgan fingerprint density at radius 2 is 1.80 bits per heavy atom. The molecule has 0 aromatic carbocycles. The monoisotopic (exact) mass is 648 g/mol. The normalized spacial score (nSPS) is 30.4. The van der Waals surface area contributed by atoms with Gasteiger partial charge in [-0.1, -0.05) is 32.9 Å². The molecule has 2 heterocycles. The van der Waals surface area contributed by atoms with E-state index in [0.717, 1.165) is 32.2 Å². The van der Waals surface area contributed by atoms with Gasteiger partial charge in [0.1, 0.15) is 23.2 Å². The van der Waals surface area contributed by atoms with E-state index >= 15 is 0 Å². The minimum absolute atomic E-state index is 0.0664. The lowest BCUT2D eigenvalue weighted by molar-refractivity contribution is -0.150. The van der Waals surface area contributed by atoms with Crippen molar-refractivity contribution in [3.8, 4) is 0 Å². The predicted octanol–water partition coefficient (Wildman–Crippen LogP) is 4.12. The van der Waals surface area contributed by atoms with E-state index in [2.05, 4.69) is 55.5 Å². The van der Waals surface area contributed by atoms with Crippen molar-refractivity contribution in [2.45, 2.75) is 140 Å². The molecule has 0 spiro atoms. The van der Waals surface area contributed by atoms with Crippen LogP contribution in [-0.2, 0) is 28.3 Å². The van der Waals surface area contributed by atoms with Crippen LogP contribution in [0, 0.1) is 5.92 Å². The molecule has 254 valence electrons. The number of ether oxygens (including phenoxy) is 2. The van der Waals surface area contributed by atoms with Crippen LogP contribution in [-0.4, -0.2) is 104 Å². The second kappa shape index (κ2) is 13.3. The lowest BCUT2D eigenvalue weighted by Gasteiger charge is -2.38. The van der Waals surface area contributed by atoms with Gasteiger partial charge in [0.2, 0.25) is 11.8 Å². The summed E-state index contributed by atoms with van der Waals surface area (Å²) in [4.78, 5) is 58.7. The third kappa shape index (κ3) is 8.68. The second-order valence-electron chi connectivity index (χ2n) is 15.7. The van der Waals surface area contributed by atoms with Crippen LogP contribution in [0.2, 0.25) is 18.1 Å². The highest BCUT2D eigenvalue weighted by Crippen LogP contribution is 2.46. The number of carbonyl (C=O) groups is 4. The van der Waals surface area contributed by atoms with Crippen molar-refractivity contribution >= 4 is 32.2 Å². The zero-order chi connectivity index (χ0) is 33.4. The first kappa shape index (κ1) is 35.4. The van der Waals surface area contributed by atoms with Gasteiger partial charge in [0.25, 0.3) is 0 Å². The van der Waals surface area contributed by atoms with Gasteiger partial charge < -0.3 is 29.4 Å². The quantitative estimate of drug-likeness (QED) is 0.250. The molecule has 4 rings (SSSR count). The molecule has 0 bridgehead atoms. The first-order valence-corrected chi connectivity index (χ1v) is 19.7. The molecule has 45 heavy (non-hydrogen) atoms. The largest absolute Gasteiger partial charge is 0.464 e. The number of hydrogen-bond donors (Lipinski definition) is 2. The number of nitrogens with one attached hydrogen (secondary N) is 2. The smallest absolute Gasteiger partial charge is 0.408 e. The maximum atomic E-state index is 14.5. The number of amides is 3. The fourth-order valence-electron chi connectivity index (χ4n) is 6.09. The molecule has 2 aliphatic carbocycles. The maximum Gasteiger partial charge on any atom is 0.408 e. The van der Waals surface area contributed by atoms with Gasteiger partial charge in [0.15, 0.2) is 8.32 Å². The summed E-state index contributed by atoms with van der Waals surface area (Å²) in [6, 6.07) is -1.44. The van der Waals surface area contributed by atoms with E-state index in [1.165, 1.54) is 0 Å². The Kier molecular flexibility index (Phi) is 10.5. The summed E-state index contributed by atoms with van der Waals surface area (Å²) in [5.74, 6) is -1.37. The van der Waals surface area contributed by atoms with Gasteiger partial charge >= 0.3 is 12.1 Å². The molecular weight excluding hydrogens is 592 g/mol. The van der Waals surface area contributed by atoms with E-state index < -0.39 is 49.5 Å². The highest BCUT2D eigenvalue weighted by atomic mass is 28.4. The van der Waals surface area contributed by atoms with Crippen molar-refractivity contribution in [1.82, 2.24) is 20.4 Å². The highest BCUT2D eigenvalue weighted by molar-refractivity contribution is 6.74. The Morgan fingerprint density at radius 3 is 2.40 bits per heavy atom. The molecule has 0 unspecified atom stereocenters. The average Bonchev–Trinajstić information content (AvgIpc) is 3.82. The molecule has 0 aromatic heterocycles. The van der Waals surface area contributed by atoms with Gasteiger partial charge in [-0.25, -0.2) is 9.59 Å². The molecule has 2 N–H and O–H groups in total. The topological polar surface area (TPSA) is 127 Å². The number of allylic oxidation sites excluding steroid dienone is 1. The van der Waals surface area contributed by atoms with Gasteiger partial charge in [-0.3, -0.25) is 14.5 Å². The lowest BCUT2D eigenvalue weighted by atomic mass is 10.1. The Morgan fingerprint density at radius 1 is 1.11 bits per heavy atom. The summed E-state index contributed by atoms with van der Waals surface area (Å²) in [5.41, 5.74) is -1.89. The van der Waals surface area contributed by atoms with Crippen LogP contribution in [0.25, 0.3) is 0 Å². The van der Waals surface area contributed by atoms with Crippen LogP contribution < -0.4 is 10.6 Å². The molecule has 4 aliphatic rings. The van der Waals surface area contributed by atoms with Crippen LogP contribution in [0.5, 0.6) is 0 Å². The van der Waals surface area contributed by atoms with E-state index in [1.54, 1.807) is 32.6 Å². The first-order chi connectivity index (χ1) is 20.9. The van der Waals surface area contributed by atoms with Crippen LogP contribution in [0.15, 0.2) is 12.2 Å². The SMILES string of the molecule is CCOC(=O)[C@@]12C[C@H]1C=CCCCN(C1CC1)C[C@H](NC(=O)OC(C)(C)C)C(=O)N1C[C@H](O[Si](C)(C)C(C)(C)C)C[C@H]1C(=O)N2. The number of nitrogens with zero attached hydrogens (tertiary/aromatic N) is 2. The fourth-order valence-corrected chi connectivity index (χ4v) is 7.44. The van der Waals surface area contributed by atoms with Gasteiger partial charge in [0.05, 0.1) is 12.7 Å².